The topological polar surface area (TPSA) is 63.0 Å². The van der Waals surface area contributed by atoms with Crippen LogP contribution in [0.15, 0.2) is 41.7 Å². The average molecular weight is 367 g/mol. The third kappa shape index (κ3) is 3.54. The van der Waals surface area contributed by atoms with Gasteiger partial charge in [-0.2, -0.15) is 5.10 Å². The highest BCUT2D eigenvalue weighted by atomic mass is 16.6. The van der Waals surface area contributed by atoms with E-state index in [1.807, 2.05) is 47.8 Å². The van der Waals surface area contributed by atoms with Gasteiger partial charge in [0.05, 0.1) is 11.4 Å². The number of amides is 1. The first kappa shape index (κ1) is 17.6. The Labute approximate surface area is 159 Å². The normalized spacial score (nSPS) is 19.8. The smallest absolute Gasteiger partial charge is 0.267 e. The van der Waals surface area contributed by atoms with Crippen LogP contribution in [0.2, 0.25) is 0 Å². The molecule has 3 heterocycles. The zero-order valence-electron chi connectivity index (χ0n) is 15.8. The Balaban J connectivity index is 1.34. The molecule has 1 saturated heterocycles. The molecule has 0 radical (unpaired) electrons. The highest BCUT2D eigenvalue weighted by molar-refractivity contribution is 6.04. The Morgan fingerprint density at radius 3 is 2.59 bits per heavy atom. The fourth-order valence-electron chi connectivity index (χ4n) is 3.66. The maximum atomic E-state index is 12.9. The van der Waals surface area contributed by atoms with Crippen molar-refractivity contribution in [3.05, 3.63) is 47.8 Å². The summed E-state index contributed by atoms with van der Waals surface area (Å²) in [6.45, 7) is 7.89. The van der Waals surface area contributed by atoms with E-state index in [2.05, 4.69) is 27.3 Å². The number of carbonyl (C=O) groups excluding carboxylic acids is 1. The number of carbonyl (C=O) groups is 1. The van der Waals surface area contributed by atoms with Crippen LogP contribution < -0.4 is 4.90 Å². The number of anilines is 1. The van der Waals surface area contributed by atoms with Crippen molar-refractivity contribution >= 4 is 17.3 Å². The number of oxime groups is 1. The molecule has 1 fully saturated rings. The molecule has 1 aromatic carbocycles. The van der Waals surface area contributed by atoms with E-state index in [9.17, 15) is 4.79 Å². The molecule has 0 aliphatic carbocycles. The summed E-state index contributed by atoms with van der Waals surface area (Å²) in [5.74, 6) is 0.0296. The minimum Gasteiger partial charge on any atom is -0.382 e. The van der Waals surface area contributed by atoms with Crippen LogP contribution in [0.3, 0.4) is 0 Å². The lowest BCUT2D eigenvalue weighted by molar-refractivity contribution is -0.142. The van der Waals surface area contributed by atoms with Gasteiger partial charge in [-0.1, -0.05) is 23.4 Å². The molecule has 0 N–H and O–H groups in total. The fourth-order valence-corrected chi connectivity index (χ4v) is 3.66. The second kappa shape index (κ2) is 7.42. The van der Waals surface area contributed by atoms with Gasteiger partial charge in [0.1, 0.15) is 0 Å². The van der Waals surface area contributed by atoms with E-state index in [0.29, 0.717) is 19.5 Å². The lowest BCUT2D eigenvalue weighted by atomic mass is 10.1. The van der Waals surface area contributed by atoms with Gasteiger partial charge in [0, 0.05) is 56.6 Å². The van der Waals surface area contributed by atoms with Crippen molar-refractivity contribution < 1.29 is 9.63 Å². The molecule has 4 rings (SSSR count). The zero-order chi connectivity index (χ0) is 18.8. The lowest BCUT2D eigenvalue weighted by Gasteiger charge is -2.36. The van der Waals surface area contributed by atoms with Crippen LogP contribution in [-0.4, -0.2) is 58.6 Å². The zero-order valence-corrected chi connectivity index (χ0v) is 15.8. The van der Waals surface area contributed by atoms with Gasteiger partial charge in [-0.3, -0.25) is 9.48 Å². The molecular formula is C20H25N5O2. The summed E-state index contributed by atoms with van der Waals surface area (Å²) in [5, 5.41) is 8.63. The molecule has 27 heavy (non-hydrogen) atoms. The summed E-state index contributed by atoms with van der Waals surface area (Å²) in [6, 6.07) is 10.3. The summed E-state index contributed by atoms with van der Waals surface area (Å²) in [5.41, 5.74) is 3.91. The van der Waals surface area contributed by atoms with Gasteiger partial charge in [-0.15, -0.1) is 0 Å². The minimum atomic E-state index is -0.521. The van der Waals surface area contributed by atoms with E-state index in [-0.39, 0.29) is 5.91 Å². The molecule has 2 aromatic rings. The number of aromatic nitrogens is 2. The largest absolute Gasteiger partial charge is 0.382 e. The van der Waals surface area contributed by atoms with Crippen LogP contribution in [0.1, 0.15) is 24.6 Å². The summed E-state index contributed by atoms with van der Waals surface area (Å²) < 4.78 is 1.88. The predicted octanol–water partition coefficient (Wildman–Crippen LogP) is 2.05. The van der Waals surface area contributed by atoms with Gasteiger partial charge < -0.3 is 14.6 Å². The number of aryl methyl sites for hydroxylation is 2. The SMILES string of the molecule is CCn1cc(C2=NO[C@H](C(=O)N3CCN(c4ccccc4)CC3)C2)c(C)n1. The van der Waals surface area contributed by atoms with E-state index >= 15 is 0 Å². The van der Waals surface area contributed by atoms with Crippen molar-refractivity contribution in [2.24, 2.45) is 5.16 Å². The number of piperazine rings is 1. The molecule has 1 amide bonds. The maximum Gasteiger partial charge on any atom is 0.267 e. The Morgan fingerprint density at radius 1 is 1.19 bits per heavy atom. The van der Waals surface area contributed by atoms with E-state index in [1.165, 1.54) is 5.69 Å². The Kier molecular flexibility index (Phi) is 4.83. The molecule has 0 spiro atoms. The molecule has 0 unspecified atom stereocenters. The van der Waals surface area contributed by atoms with Crippen molar-refractivity contribution in [3.8, 4) is 0 Å². The standard InChI is InChI=1S/C20H25N5O2/c1-3-25-14-17(15(2)21-25)18-13-19(27-22-18)20(26)24-11-9-23(10-12-24)16-7-5-4-6-8-16/h4-8,14,19H,3,9-13H2,1-2H3/t19-/m0/s1. The van der Waals surface area contributed by atoms with Crippen LogP contribution in [0, 0.1) is 6.92 Å². The van der Waals surface area contributed by atoms with Crippen molar-refractivity contribution in [2.75, 3.05) is 31.1 Å². The molecule has 7 nitrogen and oxygen atoms in total. The van der Waals surface area contributed by atoms with Gasteiger partial charge in [-0.25, -0.2) is 0 Å². The number of benzene rings is 1. The van der Waals surface area contributed by atoms with E-state index < -0.39 is 6.10 Å². The number of hydrogen-bond acceptors (Lipinski definition) is 5. The molecule has 1 aromatic heterocycles. The quantitative estimate of drug-likeness (QED) is 0.830. The highest BCUT2D eigenvalue weighted by Crippen LogP contribution is 2.22. The Morgan fingerprint density at radius 2 is 1.93 bits per heavy atom. The Hall–Kier alpha value is -2.83. The molecule has 1 atom stereocenters. The highest BCUT2D eigenvalue weighted by Gasteiger charge is 2.34. The molecule has 7 heteroatoms. The second-order valence-electron chi connectivity index (χ2n) is 6.97. The first-order valence-corrected chi connectivity index (χ1v) is 9.51. The van der Waals surface area contributed by atoms with Crippen LogP contribution in [0.5, 0.6) is 0 Å². The average Bonchev–Trinajstić information content (AvgIpc) is 3.34. The Bertz CT molecular complexity index is 837. The molecule has 2 aliphatic rings. The fraction of sp³-hybridized carbons (Fsp3) is 0.450. The van der Waals surface area contributed by atoms with E-state index in [0.717, 1.165) is 36.6 Å². The van der Waals surface area contributed by atoms with Crippen molar-refractivity contribution in [2.45, 2.75) is 32.9 Å². The van der Waals surface area contributed by atoms with E-state index in [4.69, 9.17) is 4.84 Å². The van der Waals surface area contributed by atoms with Crippen LogP contribution in [-0.2, 0) is 16.2 Å². The molecule has 0 saturated carbocycles. The molecule has 0 bridgehead atoms. The maximum absolute atomic E-state index is 12.9. The number of nitrogens with zero attached hydrogens (tertiary/aromatic N) is 5. The summed E-state index contributed by atoms with van der Waals surface area (Å²) >= 11 is 0. The first-order valence-electron chi connectivity index (χ1n) is 9.51. The number of para-hydroxylation sites is 1. The predicted molar refractivity (Wildman–Crippen MR) is 104 cm³/mol. The van der Waals surface area contributed by atoms with Gasteiger partial charge in [-0.05, 0) is 26.0 Å². The second-order valence-corrected chi connectivity index (χ2v) is 6.97. The molecule has 142 valence electrons. The lowest BCUT2D eigenvalue weighted by Crippen LogP contribution is -2.51. The monoisotopic (exact) mass is 367 g/mol. The summed E-state index contributed by atoms with van der Waals surface area (Å²) in [7, 11) is 0. The first-order chi connectivity index (χ1) is 13.2. The van der Waals surface area contributed by atoms with E-state index in [1.54, 1.807) is 0 Å². The number of rotatable bonds is 4. The van der Waals surface area contributed by atoms with Crippen molar-refractivity contribution in [1.82, 2.24) is 14.7 Å². The summed E-state index contributed by atoms with van der Waals surface area (Å²) in [6.07, 6.45) is 1.96. The van der Waals surface area contributed by atoms with Gasteiger partial charge >= 0.3 is 0 Å². The van der Waals surface area contributed by atoms with Crippen molar-refractivity contribution in [1.29, 1.82) is 0 Å². The summed E-state index contributed by atoms with van der Waals surface area (Å²) in [4.78, 5) is 22.5. The molecule has 2 aliphatic heterocycles. The van der Waals surface area contributed by atoms with Gasteiger partial charge in [0.15, 0.2) is 0 Å². The number of hydrogen-bond donors (Lipinski definition) is 0. The molecular weight excluding hydrogens is 342 g/mol. The van der Waals surface area contributed by atoms with Gasteiger partial charge in [0.2, 0.25) is 6.10 Å². The third-order valence-electron chi connectivity index (χ3n) is 5.24. The van der Waals surface area contributed by atoms with Crippen molar-refractivity contribution in [3.63, 3.8) is 0 Å². The van der Waals surface area contributed by atoms with Crippen LogP contribution in [0.4, 0.5) is 5.69 Å². The van der Waals surface area contributed by atoms with Crippen LogP contribution >= 0.6 is 0 Å². The van der Waals surface area contributed by atoms with Gasteiger partial charge in [0.25, 0.3) is 5.91 Å². The third-order valence-corrected chi connectivity index (χ3v) is 5.24. The van der Waals surface area contributed by atoms with Crippen LogP contribution in [0.25, 0.3) is 0 Å². The minimum absolute atomic E-state index is 0.0296.